The number of halogens is 1. The van der Waals surface area contributed by atoms with Crippen molar-refractivity contribution in [2.24, 2.45) is 11.8 Å². The van der Waals surface area contributed by atoms with E-state index in [0.717, 1.165) is 11.1 Å². The third kappa shape index (κ3) is 3.47. The standard InChI is InChI=1S/C23H21ClN2O3/c1-13-7-10-16-18(11-13)23(29)26(22(16)28)20-6-4-3-5-17(20)21(27)25-15-9-8-14(2)19(24)12-15/h3-9,12,16,18H,10-11H2,1-2H3,(H,25,27)/t16-,18-/m0/s1. The third-order valence-corrected chi connectivity index (χ3v) is 6.05. The zero-order valence-electron chi connectivity index (χ0n) is 16.2. The lowest BCUT2D eigenvalue weighted by molar-refractivity contribution is -0.122. The number of fused-ring (bicyclic) bond motifs is 1. The normalized spacial score (nSPS) is 21.1. The minimum absolute atomic E-state index is 0.230. The second kappa shape index (κ2) is 7.48. The van der Waals surface area contributed by atoms with Crippen LogP contribution in [0.25, 0.3) is 0 Å². The second-order valence-corrected chi connectivity index (χ2v) is 8.06. The lowest BCUT2D eigenvalue weighted by Gasteiger charge is -2.19. The molecule has 0 radical (unpaired) electrons. The third-order valence-electron chi connectivity index (χ3n) is 5.64. The quantitative estimate of drug-likeness (QED) is 0.588. The molecule has 0 spiro atoms. The largest absolute Gasteiger partial charge is 0.322 e. The minimum atomic E-state index is -0.398. The van der Waals surface area contributed by atoms with E-state index in [0.29, 0.717) is 29.2 Å². The predicted molar refractivity (Wildman–Crippen MR) is 113 cm³/mol. The molecule has 6 heteroatoms. The van der Waals surface area contributed by atoms with Crippen molar-refractivity contribution < 1.29 is 14.4 Å². The van der Waals surface area contributed by atoms with E-state index in [2.05, 4.69) is 5.32 Å². The number of carbonyl (C=O) groups excluding carboxylic acids is 3. The Morgan fingerprint density at radius 1 is 1.07 bits per heavy atom. The second-order valence-electron chi connectivity index (χ2n) is 7.65. The van der Waals surface area contributed by atoms with Crippen LogP contribution >= 0.6 is 11.6 Å². The molecule has 2 aromatic carbocycles. The molecule has 2 atom stereocenters. The molecular formula is C23H21ClN2O3. The van der Waals surface area contributed by atoms with Crippen LogP contribution in [-0.2, 0) is 9.59 Å². The fourth-order valence-corrected chi connectivity index (χ4v) is 4.19. The Bertz CT molecular complexity index is 1060. The van der Waals surface area contributed by atoms with Crippen molar-refractivity contribution >= 4 is 40.7 Å². The topological polar surface area (TPSA) is 66.5 Å². The van der Waals surface area contributed by atoms with Crippen LogP contribution in [0.4, 0.5) is 11.4 Å². The average molecular weight is 409 g/mol. The maximum atomic E-state index is 13.0. The van der Waals surface area contributed by atoms with Crippen LogP contribution in [-0.4, -0.2) is 17.7 Å². The first-order valence-electron chi connectivity index (χ1n) is 9.57. The van der Waals surface area contributed by atoms with E-state index < -0.39 is 5.91 Å². The maximum Gasteiger partial charge on any atom is 0.257 e. The molecular weight excluding hydrogens is 388 g/mol. The summed E-state index contributed by atoms with van der Waals surface area (Å²) in [7, 11) is 0. The van der Waals surface area contributed by atoms with Gasteiger partial charge >= 0.3 is 0 Å². The fourth-order valence-electron chi connectivity index (χ4n) is 4.00. The first-order valence-corrected chi connectivity index (χ1v) is 9.94. The molecule has 1 N–H and O–H groups in total. The highest BCUT2D eigenvalue weighted by Gasteiger charge is 2.49. The molecule has 3 amide bonds. The van der Waals surface area contributed by atoms with Gasteiger partial charge in [-0.15, -0.1) is 0 Å². The number of benzene rings is 2. The fraction of sp³-hybridized carbons (Fsp3) is 0.261. The lowest BCUT2D eigenvalue weighted by atomic mass is 9.82. The summed E-state index contributed by atoms with van der Waals surface area (Å²) < 4.78 is 0. The van der Waals surface area contributed by atoms with Crippen molar-refractivity contribution in [3.63, 3.8) is 0 Å². The van der Waals surface area contributed by atoms with Crippen molar-refractivity contribution in [1.29, 1.82) is 0 Å². The lowest BCUT2D eigenvalue weighted by Crippen LogP contribution is -2.33. The zero-order chi connectivity index (χ0) is 20.7. The van der Waals surface area contributed by atoms with Crippen LogP contribution in [0.15, 0.2) is 54.1 Å². The highest BCUT2D eigenvalue weighted by molar-refractivity contribution is 6.31. The maximum absolute atomic E-state index is 13.0. The summed E-state index contributed by atoms with van der Waals surface area (Å²) in [4.78, 5) is 40.2. The molecule has 1 aliphatic heterocycles. The molecule has 2 aliphatic rings. The summed E-state index contributed by atoms with van der Waals surface area (Å²) in [6.45, 7) is 3.86. The molecule has 1 fully saturated rings. The number of para-hydroxylation sites is 1. The highest BCUT2D eigenvalue weighted by Crippen LogP contribution is 2.40. The van der Waals surface area contributed by atoms with Crippen molar-refractivity contribution in [2.45, 2.75) is 26.7 Å². The molecule has 148 valence electrons. The van der Waals surface area contributed by atoms with Gasteiger partial charge in [0, 0.05) is 10.7 Å². The van der Waals surface area contributed by atoms with Gasteiger partial charge in [0.05, 0.1) is 23.1 Å². The molecule has 0 saturated carbocycles. The number of rotatable bonds is 3. The number of hydrogen-bond acceptors (Lipinski definition) is 3. The van der Waals surface area contributed by atoms with Gasteiger partial charge in [0.1, 0.15) is 0 Å². The summed E-state index contributed by atoms with van der Waals surface area (Å²) in [5.74, 6) is -1.56. The Balaban J connectivity index is 1.65. The number of imide groups is 1. The van der Waals surface area contributed by atoms with Gasteiger partial charge in [0.25, 0.3) is 5.91 Å². The molecule has 4 rings (SSSR count). The van der Waals surface area contributed by atoms with Gasteiger partial charge in [-0.1, -0.05) is 41.4 Å². The molecule has 0 unspecified atom stereocenters. The SMILES string of the molecule is CC1=CC[C@@H]2C(=O)N(c3ccccc3C(=O)Nc3ccc(C)c(Cl)c3)C(=O)[C@H]2C1. The number of nitrogens with zero attached hydrogens (tertiary/aromatic N) is 1. The monoisotopic (exact) mass is 408 g/mol. The smallest absolute Gasteiger partial charge is 0.257 e. The number of hydrogen-bond donors (Lipinski definition) is 1. The first-order chi connectivity index (χ1) is 13.9. The van der Waals surface area contributed by atoms with Crippen LogP contribution in [0.5, 0.6) is 0 Å². The number of aryl methyl sites for hydroxylation is 1. The Morgan fingerprint density at radius 2 is 1.79 bits per heavy atom. The molecule has 1 aliphatic carbocycles. The van der Waals surface area contributed by atoms with Crippen LogP contribution in [0.2, 0.25) is 5.02 Å². The van der Waals surface area contributed by atoms with Gasteiger partial charge in [0.15, 0.2) is 0 Å². The van der Waals surface area contributed by atoms with Gasteiger partial charge in [-0.25, -0.2) is 4.90 Å². The van der Waals surface area contributed by atoms with E-state index >= 15 is 0 Å². The van der Waals surface area contributed by atoms with E-state index in [1.165, 1.54) is 4.90 Å². The number of nitrogens with one attached hydrogen (secondary N) is 1. The molecule has 29 heavy (non-hydrogen) atoms. The van der Waals surface area contributed by atoms with E-state index in [-0.39, 0.29) is 29.2 Å². The Morgan fingerprint density at radius 3 is 2.55 bits per heavy atom. The van der Waals surface area contributed by atoms with E-state index in [4.69, 9.17) is 11.6 Å². The zero-order valence-corrected chi connectivity index (χ0v) is 17.0. The number of anilines is 2. The van der Waals surface area contributed by atoms with Crippen LogP contribution in [0.3, 0.4) is 0 Å². The van der Waals surface area contributed by atoms with Gasteiger partial charge in [-0.3, -0.25) is 14.4 Å². The summed E-state index contributed by atoms with van der Waals surface area (Å²) in [6, 6.07) is 11.9. The van der Waals surface area contributed by atoms with Gasteiger partial charge in [0.2, 0.25) is 11.8 Å². The molecule has 2 aromatic rings. The first kappa shape index (κ1) is 19.4. The Hall–Kier alpha value is -2.92. The number of allylic oxidation sites excluding steroid dienone is 2. The van der Waals surface area contributed by atoms with Crippen LogP contribution in [0, 0.1) is 18.8 Å². The van der Waals surface area contributed by atoms with Crippen LogP contribution < -0.4 is 10.2 Å². The Labute approximate surface area is 174 Å². The minimum Gasteiger partial charge on any atom is -0.322 e. The average Bonchev–Trinajstić information content (AvgIpc) is 2.94. The molecule has 0 bridgehead atoms. The van der Waals surface area contributed by atoms with Crippen molar-refractivity contribution in [2.75, 3.05) is 10.2 Å². The molecule has 5 nitrogen and oxygen atoms in total. The summed E-state index contributed by atoms with van der Waals surface area (Å²) in [5, 5.41) is 3.36. The van der Waals surface area contributed by atoms with Gasteiger partial charge in [-0.05, 0) is 56.5 Å². The van der Waals surface area contributed by atoms with Gasteiger partial charge in [-0.2, -0.15) is 0 Å². The van der Waals surface area contributed by atoms with Gasteiger partial charge < -0.3 is 5.32 Å². The van der Waals surface area contributed by atoms with Crippen molar-refractivity contribution in [3.05, 3.63) is 70.3 Å². The van der Waals surface area contributed by atoms with Crippen LogP contribution in [0.1, 0.15) is 35.7 Å². The van der Waals surface area contributed by atoms with Crippen molar-refractivity contribution in [1.82, 2.24) is 0 Å². The molecule has 1 heterocycles. The number of carbonyl (C=O) groups is 3. The van der Waals surface area contributed by atoms with E-state index in [1.807, 2.05) is 26.0 Å². The molecule has 1 saturated heterocycles. The summed E-state index contributed by atoms with van der Waals surface area (Å²) in [6.07, 6.45) is 3.17. The summed E-state index contributed by atoms with van der Waals surface area (Å²) >= 11 is 6.14. The molecule has 0 aromatic heterocycles. The number of amides is 3. The van der Waals surface area contributed by atoms with E-state index in [9.17, 15) is 14.4 Å². The highest BCUT2D eigenvalue weighted by atomic mass is 35.5. The Kier molecular flexibility index (Phi) is 5.01. The van der Waals surface area contributed by atoms with E-state index in [1.54, 1.807) is 36.4 Å². The van der Waals surface area contributed by atoms with Crippen molar-refractivity contribution in [3.8, 4) is 0 Å². The predicted octanol–water partition coefficient (Wildman–Crippen LogP) is 4.75. The summed E-state index contributed by atoms with van der Waals surface area (Å²) in [5.41, 5.74) is 3.17.